The van der Waals surface area contributed by atoms with E-state index in [1.54, 1.807) is 24.3 Å². The van der Waals surface area contributed by atoms with Crippen LogP contribution < -0.4 is 10.2 Å². The van der Waals surface area contributed by atoms with E-state index in [4.69, 9.17) is 0 Å². The van der Waals surface area contributed by atoms with Gasteiger partial charge in [-0.05, 0) is 48.4 Å². The van der Waals surface area contributed by atoms with Gasteiger partial charge in [-0.15, -0.1) is 0 Å². The lowest BCUT2D eigenvalue weighted by Gasteiger charge is -2.36. The molecule has 214 valence electrons. The van der Waals surface area contributed by atoms with Crippen molar-refractivity contribution in [3.8, 4) is 6.19 Å². The molecule has 1 aromatic carbocycles. The number of likely N-dealkylation sites (tertiary alicyclic amines) is 1. The minimum atomic E-state index is -2.82. The molecule has 1 N–H and O–H groups in total. The summed E-state index contributed by atoms with van der Waals surface area (Å²) < 4.78 is 56.9. The van der Waals surface area contributed by atoms with Crippen LogP contribution in [-0.2, 0) is 15.0 Å². The number of pyridine rings is 1. The topological polar surface area (TPSA) is 89.3 Å². The number of hydrogen-bond acceptors (Lipinski definition) is 5. The highest BCUT2D eigenvalue weighted by Crippen LogP contribution is 2.36. The van der Waals surface area contributed by atoms with E-state index in [-0.39, 0.29) is 42.5 Å². The lowest BCUT2D eigenvalue weighted by Crippen LogP contribution is -2.53. The molecule has 1 aromatic heterocycles. The number of halogens is 4. The summed E-state index contributed by atoms with van der Waals surface area (Å²) in [6.45, 7) is 6.04. The van der Waals surface area contributed by atoms with Crippen molar-refractivity contribution < 1.29 is 27.2 Å². The first-order valence-corrected chi connectivity index (χ1v) is 13.3. The van der Waals surface area contributed by atoms with Gasteiger partial charge >= 0.3 is 0 Å². The number of benzene rings is 1. The quantitative estimate of drug-likeness (QED) is 0.389. The Labute approximate surface area is 231 Å². The molecule has 1 saturated heterocycles. The van der Waals surface area contributed by atoms with Gasteiger partial charge in [-0.2, -0.15) is 5.26 Å². The molecule has 4 rings (SSSR count). The maximum absolute atomic E-state index is 15.1. The molecular formula is C29H33F4N5O2. The van der Waals surface area contributed by atoms with Crippen molar-refractivity contribution in [3.05, 3.63) is 59.7 Å². The number of anilines is 1. The van der Waals surface area contributed by atoms with Gasteiger partial charge in [-0.3, -0.25) is 24.4 Å². The van der Waals surface area contributed by atoms with E-state index < -0.39 is 60.7 Å². The Hall–Kier alpha value is -3.68. The molecule has 11 heteroatoms. The fraction of sp³-hybridized carbons (Fsp3) is 0.517. The van der Waals surface area contributed by atoms with Crippen LogP contribution in [0.25, 0.3) is 0 Å². The van der Waals surface area contributed by atoms with Gasteiger partial charge in [0, 0.05) is 42.9 Å². The highest BCUT2D eigenvalue weighted by atomic mass is 19.3. The lowest BCUT2D eigenvalue weighted by atomic mass is 9.87. The number of nitriles is 1. The van der Waals surface area contributed by atoms with E-state index in [0.717, 1.165) is 27.6 Å². The van der Waals surface area contributed by atoms with Crippen LogP contribution in [0.3, 0.4) is 0 Å². The smallest absolute Gasteiger partial charge is 0.254 e. The van der Waals surface area contributed by atoms with Crippen molar-refractivity contribution >= 4 is 17.5 Å². The Kier molecular flexibility index (Phi) is 8.38. The van der Waals surface area contributed by atoms with Crippen LogP contribution >= 0.6 is 0 Å². The molecule has 2 aromatic rings. The average Bonchev–Trinajstić information content (AvgIpc) is 3.28. The number of hydrogen-bond donors (Lipinski definition) is 1. The average molecular weight is 560 g/mol. The SMILES string of the molecule is CC(C)(C)c1ccc(N(C(=O)[C@H]2[C@H](F)CCN2C#N)C(C(=O)NC2CCC(F)(F)CC2)c2cncc(F)c2)cc1. The van der Waals surface area contributed by atoms with Crippen molar-refractivity contribution in [3.63, 3.8) is 0 Å². The summed E-state index contributed by atoms with van der Waals surface area (Å²) >= 11 is 0. The van der Waals surface area contributed by atoms with Crippen LogP contribution in [0.1, 0.15) is 70.0 Å². The summed E-state index contributed by atoms with van der Waals surface area (Å²) in [5, 5.41) is 12.3. The molecule has 2 heterocycles. The Morgan fingerprint density at radius 3 is 2.38 bits per heavy atom. The van der Waals surface area contributed by atoms with Gasteiger partial charge < -0.3 is 5.32 Å². The second-order valence-corrected chi connectivity index (χ2v) is 11.5. The summed E-state index contributed by atoms with van der Waals surface area (Å²) in [6.07, 6.45) is 1.57. The van der Waals surface area contributed by atoms with Crippen molar-refractivity contribution in [1.82, 2.24) is 15.2 Å². The second-order valence-electron chi connectivity index (χ2n) is 11.5. The van der Waals surface area contributed by atoms with Crippen molar-refractivity contribution in [2.24, 2.45) is 0 Å². The minimum Gasteiger partial charge on any atom is -0.351 e. The molecule has 1 saturated carbocycles. The van der Waals surface area contributed by atoms with Gasteiger partial charge in [0.05, 0.1) is 6.20 Å². The third-order valence-corrected chi connectivity index (χ3v) is 7.57. The fourth-order valence-electron chi connectivity index (χ4n) is 5.28. The molecule has 2 amide bonds. The third kappa shape index (κ3) is 6.37. The molecule has 2 aliphatic rings. The van der Waals surface area contributed by atoms with E-state index in [1.807, 2.05) is 27.0 Å². The third-order valence-electron chi connectivity index (χ3n) is 7.57. The van der Waals surface area contributed by atoms with Crippen LogP contribution in [0.2, 0.25) is 0 Å². The Morgan fingerprint density at radius 1 is 1.15 bits per heavy atom. The van der Waals surface area contributed by atoms with Crippen molar-refractivity contribution in [2.75, 3.05) is 11.4 Å². The Bertz CT molecular complexity index is 1260. The van der Waals surface area contributed by atoms with E-state index in [0.29, 0.717) is 0 Å². The van der Waals surface area contributed by atoms with E-state index in [9.17, 15) is 28.0 Å². The number of alkyl halides is 3. The molecule has 0 radical (unpaired) electrons. The van der Waals surface area contributed by atoms with Crippen LogP contribution in [0, 0.1) is 17.3 Å². The Morgan fingerprint density at radius 2 is 1.80 bits per heavy atom. The minimum absolute atomic E-state index is 0.0174. The molecule has 0 bridgehead atoms. The van der Waals surface area contributed by atoms with Crippen LogP contribution in [0.4, 0.5) is 23.2 Å². The molecular weight excluding hydrogens is 526 g/mol. The van der Waals surface area contributed by atoms with Gasteiger partial charge in [0.2, 0.25) is 11.8 Å². The summed E-state index contributed by atoms with van der Waals surface area (Å²) in [7, 11) is 0. The molecule has 1 aliphatic carbocycles. The summed E-state index contributed by atoms with van der Waals surface area (Å²) in [6, 6.07) is 4.26. The molecule has 3 atom stereocenters. The zero-order valence-electron chi connectivity index (χ0n) is 22.7. The zero-order chi connectivity index (χ0) is 29.2. The highest BCUT2D eigenvalue weighted by molar-refractivity contribution is 6.04. The zero-order valence-corrected chi connectivity index (χ0v) is 22.7. The molecule has 1 aliphatic heterocycles. The number of nitrogens with zero attached hydrogens (tertiary/aromatic N) is 4. The van der Waals surface area contributed by atoms with E-state index in [2.05, 4.69) is 10.3 Å². The first kappa shape index (κ1) is 29.3. The largest absolute Gasteiger partial charge is 0.351 e. The number of carbonyl (C=O) groups is 2. The summed E-state index contributed by atoms with van der Waals surface area (Å²) in [4.78, 5) is 33.9. The van der Waals surface area contributed by atoms with Gasteiger partial charge in [0.25, 0.3) is 5.91 Å². The molecule has 0 spiro atoms. The first-order valence-electron chi connectivity index (χ1n) is 13.3. The lowest BCUT2D eigenvalue weighted by molar-refractivity contribution is -0.129. The van der Waals surface area contributed by atoms with Crippen LogP contribution in [-0.4, -0.2) is 52.4 Å². The van der Waals surface area contributed by atoms with Crippen LogP contribution in [0.15, 0.2) is 42.7 Å². The second kappa shape index (κ2) is 11.4. The predicted molar refractivity (Wildman–Crippen MR) is 141 cm³/mol. The standard InChI is InChI=1S/C29H33F4N5O2/c1-28(2,3)19-4-6-22(7-5-19)38(27(40)25-23(31)10-13-37(25)17-34)24(18-14-20(30)16-35-15-18)26(39)36-21-8-11-29(32,33)12-9-21/h4-7,14-16,21,23-25H,8-13H2,1-3H3,(H,36,39)/t23-,24?,25-/m1/s1. The number of amides is 2. The summed E-state index contributed by atoms with van der Waals surface area (Å²) in [5.74, 6) is -5.17. The monoisotopic (exact) mass is 559 g/mol. The number of nitrogens with one attached hydrogen (secondary N) is 1. The number of rotatable bonds is 6. The van der Waals surface area contributed by atoms with Gasteiger partial charge in [0.15, 0.2) is 6.19 Å². The normalized spacial score (nSPS) is 21.9. The Balaban J connectivity index is 1.80. The van der Waals surface area contributed by atoms with Gasteiger partial charge in [-0.25, -0.2) is 17.6 Å². The molecule has 1 unspecified atom stereocenters. The van der Waals surface area contributed by atoms with Crippen molar-refractivity contribution in [2.45, 2.75) is 88.5 Å². The first-order chi connectivity index (χ1) is 18.8. The molecule has 2 fully saturated rings. The fourth-order valence-corrected chi connectivity index (χ4v) is 5.28. The number of aromatic nitrogens is 1. The summed E-state index contributed by atoms with van der Waals surface area (Å²) in [5.41, 5.74) is 0.953. The molecule has 7 nitrogen and oxygen atoms in total. The maximum atomic E-state index is 15.1. The van der Waals surface area contributed by atoms with Crippen LogP contribution in [0.5, 0.6) is 0 Å². The van der Waals surface area contributed by atoms with E-state index in [1.165, 1.54) is 6.20 Å². The molecule has 40 heavy (non-hydrogen) atoms. The highest BCUT2D eigenvalue weighted by Gasteiger charge is 2.46. The van der Waals surface area contributed by atoms with E-state index >= 15 is 4.39 Å². The van der Waals surface area contributed by atoms with Gasteiger partial charge in [-0.1, -0.05) is 32.9 Å². The van der Waals surface area contributed by atoms with Gasteiger partial charge in [0.1, 0.15) is 24.1 Å². The number of carbonyl (C=O) groups excluding carboxylic acids is 2. The van der Waals surface area contributed by atoms with Crippen molar-refractivity contribution in [1.29, 1.82) is 5.26 Å². The predicted octanol–water partition coefficient (Wildman–Crippen LogP) is 5.18. The maximum Gasteiger partial charge on any atom is 0.254 e.